The Morgan fingerprint density at radius 3 is 1.11 bits per heavy atom. The minimum atomic E-state index is -0.769. The fraction of sp³-hybridized carbons (Fsp3) is 0.325. The van der Waals surface area contributed by atoms with Crippen LogP contribution in [-0.4, -0.2) is 135 Å². The number of carbonyl (C=O) groups is 1. The van der Waals surface area contributed by atoms with Crippen LogP contribution in [0.2, 0.25) is 0 Å². The molecule has 1 amide bonds. The van der Waals surface area contributed by atoms with Gasteiger partial charge in [0.15, 0.2) is 0 Å². The summed E-state index contributed by atoms with van der Waals surface area (Å²) in [6, 6.07) is 44.4. The van der Waals surface area contributed by atoms with Crippen molar-refractivity contribution in [1.82, 2.24) is 15.1 Å². The molecule has 4 aromatic carbocycles. The second kappa shape index (κ2) is 40.6. The van der Waals surface area contributed by atoms with Gasteiger partial charge in [0.25, 0.3) is 0 Å². The van der Waals surface area contributed by atoms with Crippen molar-refractivity contribution in [2.75, 3.05) is 85.1 Å². The van der Waals surface area contributed by atoms with Gasteiger partial charge >= 0.3 is 33.2 Å². The van der Waals surface area contributed by atoms with E-state index in [-0.39, 0.29) is 34.0 Å². The summed E-state index contributed by atoms with van der Waals surface area (Å²) in [6.07, 6.45) is 3.31. The van der Waals surface area contributed by atoms with Crippen molar-refractivity contribution >= 4 is 66.1 Å². The zero-order chi connectivity index (χ0) is 41.4. The van der Waals surface area contributed by atoms with Crippen molar-refractivity contribution in [3.63, 3.8) is 0 Å². The predicted octanol–water partition coefficient (Wildman–Crippen LogP) is 1.45. The van der Waals surface area contributed by atoms with E-state index in [9.17, 15) is 4.79 Å². The van der Waals surface area contributed by atoms with E-state index in [1.165, 1.54) is 38.4 Å². The molecule has 15 heteroatoms. The molecule has 55 heavy (non-hydrogen) atoms. The van der Waals surface area contributed by atoms with E-state index >= 15 is 0 Å². The number of rotatable bonds is 19. The first-order chi connectivity index (χ1) is 27.0. The molecular weight excluding hydrogens is 849 g/mol. The van der Waals surface area contributed by atoms with Gasteiger partial charge in [-0.15, -0.1) is 0 Å². The molecule has 0 aliphatic carbocycles. The molecule has 11 nitrogen and oxygen atoms in total. The number of carbonyl (C=O) groups excluding carboxylic acids is 4. The summed E-state index contributed by atoms with van der Waals surface area (Å²) in [5.41, 5.74) is 0. The predicted molar refractivity (Wildman–Crippen MR) is 228 cm³/mol. The first kappa shape index (κ1) is 54.0. The topological polar surface area (TPSA) is 168 Å². The number of amides is 1. The monoisotopic (exact) mass is 908 g/mol. The van der Waals surface area contributed by atoms with Gasteiger partial charge in [-0.05, 0) is 55.6 Å². The first-order valence-electron chi connectivity index (χ1n) is 17.3. The number of halogens is 1. The van der Waals surface area contributed by atoms with Gasteiger partial charge in [-0.1, -0.05) is 72.8 Å². The van der Waals surface area contributed by atoms with Gasteiger partial charge < -0.3 is 35.4 Å². The fourth-order valence-corrected chi connectivity index (χ4v) is 10.4. The molecule has 0 bridgehead atoms. The Bertz CT molecular complexity index is 1270. The molecule has 0 heterocycles. The van der Waals surface area contributed by atoms with Crippen molar-refractivity contribution in [3.05, 3.63) is 121 Å². The third-order valence-corrected chi connectivity index (χ3v) is 13.0. The fourth-order valence-electron chi connectivity index (χ4n) is 4.94. The van der Waals surface area contributed by atoms with E-state index in [1.807, 2.05) is 0 Å². The third-order valence-electron chi connectivity index (χ3n) is 7.48. The largest absolute Gasteiger partial charge is 0 e. The van der Waals surface area contributed by atoms with Crippen LogP contribution in [0.5, 0.6) is 0 Å². The Labute approximate surface area is 344 Å². The molecule has 0 aromatic heterocycles. The molecule has 5 N–H and O–H groups in total. The third kappa shape index (κ3) is 27.2. The van der Waals surface area contributed by atoms with Gasteiger partial charge in [-0.25, -0.2) is 0 Å². The number of nitrogens with one attached hydrogen (secondary N) is 1. The molecule has 0 atom stereocenters. The molecule has 0 saturated heterocycles. The SMILES string of the molecule is CN(CC[PH+](c1ccccc1)c1ccccc1)CC[PH+](c1ccccc1)c1ccccc1.O=C=O.O=CN(CCO)CCO.OCCNCCO.[CH-]=O.[Cl][RuH+2].[HH]. The number of hydrogen-bond donors (Lipinski definition) is 5. The van der Waals surface area contributed by atoms with Crippen LogP contribution < -0.4 is 26.5 Å². The van der Waals surface area contributed by atoms with E-state index < -0.39 is 15.8 Å². The summed E-state index contributed by atoms with van der Waals surface area (Å²) in [5, 5.41) is 41.7. The van der Waals surface area contributed by atoms with Crippen LogP contribution >= 0.6 is 25.5 Å². The maximum Gasteiger partial charge on any atom is 0 e. The number of benzene rings is 4. The van der Waals surface area contributed by atoms with Crippen LogP contribution in [0.3, 0.4) is 0 Å². The zero-order valence-electron chi connectivity index (χ0n) is 31.3. The smallest absolute Gasteiger partial charge is 0 e. The molecule has 0 aliphatic heterocycles. The van der Waals surface area contributed by atoms with Gasteiger partial charge in [0.05, 0.1) is 75.8 Å². The number of nitrogens with zero attached hydrogens (tertiary/aromatic N) is 2. The Morgan fingerprint density at radius 1 is 0.618 bits per heavy atom. The van der Waals surface area contributed by atoms with Crippen molar-refractivity contribution in [2.24, 2.45) is 0 Å². The molecule has 0 aliphatic rings. The van der Waals surface area contributed by atoms with Crippen LogP contribution in [-0.2, 0) is 36.5 Å². The Morgan fingerprint density at radius 2 is 0.891 bits per heavy atom. The van der Waals surface area contributed by atoms with Gasteiger partial charge in [0.2, 0.25) is 6.41 Å². The van der Waals surface area contributed by atoms with Crippen molar-refractivity contribution in [2.45, 2.75) is 0 Å². The van der Waals surface area contributed by atoms with E-state index in [0.29, 0.717) is 32.6 Å². The maximum absolute atomic E-state index is 9.99. The summed E-state index contributed by atoms with van der Waals surface area (Å²) in [7, 11) is 5.37. The second-order valence-corrected chi connectivity index (χ2v) is 16.3. The van der Waals surface area contributed by atoms with Crippen LogP contribution in [0.4, 0.5) is 0 Å². The Balaban J connectivity index is -0.000000968. The second-order valence-electron chi connectivity index (χ2n) is 11.1. The van der Waals surface area contributed by atoms with Crippen LogP contribution in [0.15, 0.2) is 121 Å². The summed E-state index contributed by atoms with van der Waals surface area (Å²) < 4.78 is 0. The number of aliphatic hydroxyl groups excluding tert-OH is 4. The van der Waals surface area contributed by atoms with Gasteiger partial charge in [0.1, 0.15) is 0 Å². The van der Waals surface area contributed by atoms with Gasteiger partial charge in [-0.2, -0.15) is 9.59 Å². The van der Waals surface area contributed by atoms with Crippen LogP contribution in [0.25, 0.3) is 0 Å². The quantitative estimate of drug-likeness (QED) is 0.0306. The normalized spacial score (nSPS) is 9.64. The van der Waals surface area contributed by atoms with Gasteiger partial charge in [0, 0.05) is 40.7 Å². The molecular formula is C40H59ClN3O8P2Ru+3. The molecule has 0 saturated carbocycles. The molecule has 4 rings (SSSR count). The summed E-state index contributed by atoms with van der Waals surface area (Å²) in [4.78, 5) is 37.8. The van der Waals surface area contributed by atoms with Crippen LogP contribution in [0, 0.1) is 0 Å². The molecule has 0 spiro atoms. The number of aliphatic hydroxyl groups is 4. The average Bonchev–Trinajstić information content (AvgIpc) is 3.25. The molecule has 4 aromatic rings. The van der Waals surface area contributed by atoms with Crippen molar-refractivity contribution in [3.8, 4) is 0 Å². The standard InChI is InChI=1S/C29H31NP2.C5H11NO3.C4H11NO2.CO2.CHO.ClH.Ru.H2.H/c1-30(22-24-31(26-14-6-2-7-15-26)27-16-8-3-9-17-27)23-25-32(28-18-10-4-11-19-28)29-20-12-5-13-21-29;7-3-1-6(5-9)2-4-8;6-3-1-5-2-4-7;2-1-3;1-2;;;;/h2-21H,22-25H2,1H3;5,7-8H,1-4H2;5-7H,1-4H2;;1H;1H;;1H;/q;;;;-1;;+3;;/p+1. The van der Waals surface area contributed by atoms with Crippen LogP contribution in [0.1, 0.15) is 1.43 Å². The summed E-state index contributed by atoms with van der Waals surface area (Å²) in [6.45, 7) is 7.42. The molecule has 0 fully saturated rings. The minimum absolute atomic E-state index is 0. The first-order valence-corrected chi connectivity index (χ1v) is 23.1. The van der Waals surface area contributed by atoms with Crippen molar-refractivity contribution < 1.29 is 58.3 Å². The maximum atomic E-state index is 9.99. The van der Waals surface area contributed by atoms with E-state index in [4.69, 9.17) is 34.8 Å². The molecule has 304 valence electrons. The average molecular weight is 908 g/mol. The Kier molecular flexibility index (Phi) is 39.9. The summed E-state index contributed by atoms with van der Waals surface area (Å²) in [5.74, 6) is 0. The van der Waals surface area contributed by atoms with E-state index in [1.54, 1.807) is 17.3 Å². The zero-order valence-corrected chi connectivity index (χ0v) is 35.9. The van der Waals surface area contributed by atoms with E-state index in [0.717, 1.165) is 13.1 Å². The Hall–Kier alpha value is -3.07. The molecule has 0 unspecified atom stereocenters. The summed E-state index contributed by atoms with van der Waals surface area (Å²) >= 11 is 1.62. The number of hydrogen-bond acceptors (Lipinski definition) is 10. The van der Waals surface area contributed by atoms with Gasteiger partial charge in [-0.3, -0.25) is 16.5 Å². The van der Waals surface area contributed by atoms with E-state index in [2.05, 4.69) is 155 Å². The minimum Gasteiger partial charge on any atom is 0 e. The molecule has 0 radical (unpaired) electrons. The van der Waals surface area contributed by atoms with Crippen molar-refractivity contribution in [1.29, 1.82) is 0 Å².